The Morgan fingerprint density at radius 3 is 2.21 bits per heavy atom. The van der Waals surface area contributed by atoms with Crippen molar-refractivity contribution in [3.05, 3.63) is 0 Å². The third-order valence-electron chi connectivity index (χ3n) is 9.67. The predicted octanol–water partition coefficient (Wildman–Crippen LogP) is 5.08. The fourth-order valence-corrected chi connectivity index (χ4v) is 8.42. The first-order valence-electron chi connectivity index (χ1n) is 12.4. The van der Waals surface area contributed by atoms with Crippen LogP contribution in [0.5, 0.6) is 0 Å². The van der Waals surface area contributed by atoms with E-state index in [0.29, 0.717) is 6.54 Å². The largest absolute Gasteiger partial charge is 0.465 e. The lowest BCUT2D eigenvalue weighted by molar-refractivity contribution is -0.0350. The molecule has 0 unspecified atom stereocenters. The second kappa shape index (κ2) is 8.16. The highest BCUT2D eigenvalue weighted by Crippen LogP contribution is 2.58. The van der Waals surface area contributed by atoms with Gasteiger partial charge in [0.15, 0.2) is 0 Å². The lowest BCUT2D eigenvalue weighted by atomic mass is 9.53. The lowest BCUT2D eigenvalue weighted by Crippen LogP contribution is -2.50. The number of amides is 1. The van der Waals surface area contributed by atoms with Crippen molar-refractivity contribution in [2.45, 2.75) is 83.1 Å². The summed E-state index contributed by atoms with van der Waals surface area (Å²) in [4.78, 5) is 16.3. The predicted molar refractivity (Wildman–Crippen MR) is 111 cm³/mol. The molecule has 1 N–H and O–H groups in total. The first-order valence-corrected chi connectivity index (χ1v) is 12.4. The number of hydrogen-bond acceptors (Lipinski definition) is 2. The molecule has 4 aliphatic carbocycles. The van der Waals surface area contributed by atoms with Gasteiger partial charge in [-0.1, -0.05) is 12.8 Å². The van der Waals surface area contributed by atoms with Crippen molar-refractivity contribution in [3.8, 4) is 0 Å². The Bertz CT molecular complexity index is 561. The third-order valence-corrected chi connectivity index (χ3v) is 9.67. The molecule has 4 heteroatoms. The summed E-state index contributed by atoms with van der Waals surface area (Å²) in [5, 5.41) is 9.89. The van der Waals surface area contributed by atoms with E-state index < -0.39 is 6.09 Å². The lowest BCUT2D eigenvalue weighted by Gasteiger charge is -2.53. The average Bonchev–Trinajstić information content (AvgIpc) is 3.39. The van der Waals surface area contributed by atoms with Gasteiger partial charge in [-0.2, -0.15) is 0 Å². The molecular formula is C24H40N2O2. The summed E-state index contributed by atoms with van der Waals surface area (Å²) < 4.78 is 0. The van der Waals surface area contributed by atoms with Crippen molar-refractivity contribution in [1.29, 1.82) is 0 Å². The maximum Gasteiger partial charge on any atom is 0.407 e. The molecule has 5 fully saturated rings. The van der Waals surface area contributed by atoms with Crippen molar-refractivity contribution in [1.82, 2.24) is 9.80 Å². The summed E-state index contributed by atoms with van der Waals surface area (Å²) in [5.74, 6) is 5.81. The summed E-state index contributed by atoms with van der Waals surface area (Å²) >= 11 is 0. The van der Waals surface area contributed by atoms with E-state index in [2.05, 4.69) is 4.90 Å². The molecule has 4 nitrogen and oxygen atoms in total. The number of hydrogen-bond donors (Lipinski definition) is 1. The summed E-state index contributed by atoms with van der Waals surface area (Å²) in [6, 6.07) is 0.278. The van der Waals surface area contributed by atoms with Gasteiger partial charge in [0.1, 0.15) is 0 Å². The van der Waals surface area contributed by atoms with E-state index >= 15 is 0 Å². The topological polar surface area (TPSA) is 43.8 Å². The standard InChI is InChI=1S/C24H40N2O2/c27-24(28)26(15-14-25-12-1-2-13-25)19-8-11-21-18(16-19)7-10-22-20-5-3-4-17(20)6-9-23(21)22/h17-23H,1-16H2,(H,27,28)/t17-,18-,19+,20+,21+,22-,23+/m1/s1. The van der Waals surface area contributed by atoms with Gasteiger partial charge in [0.2, 0.25) is 0 Å². The van der Waals surface area contributed by atoms with Gasteiger partial charge in [-0.25, -0.2) is 4.79 Å². The van der Waals surface area contributed by atoms with Gasteiger partial charge in [-0.3, -0.25) is 0 Å². The van der Waals surface area contributed by atoms with E-state index in [0.717, 1.165) is 68.0 Å². The van der Waals surface area contributed by atoms with E-state index in [1.54, 1.807) is 0 Å². The van der Waals surface area contributed by atoms with Gasteiger partial charge in [0.25, 0.3) is 0 Å². The van der Waals surface area contributed by atoms with Gasteiger partial charge in [-0.05, 0) is 113 Å². The Labute approximate surface area is 171 Å². The SMILES string of the molecule is O=C(O)N(CCN1CCCC1)[C@H]1CC[C@H]2[C@H](CC[C@H]3[C@H]2CC[C@H]2CCC[C@@H]23)C1. The molecule has 5 aliphatic rings. The molecular weight excluding hydrogens is 348 g/mol. The molecule has 0 aromatic rings. The van der Waals surface area contributed by atoms with Gasteiger partial charge in [-0.15, -0.1) is 0 Å². The normalized spacial score (nSPS) is 43.2. The minimum absolute atomic E-state index is 0.278. The Balaban J connectivity index is 1.21. The van der Waals surface area contributed by atoms with Gasteiger partial charge < -0.3 is 14.9 Å². The van der Waals surface area contributed by atoms with Crippen LogP contribution in [0.3, 0.4) is 0 Å². The van der Waals surface area contributed by atoms with Crippen LogP contribution in [-0.2, 0) is 0 Å². The third kappa shape index (κ3) is 3.59. The van der Waals surface area contributed by atoms with E-state index in [1.165, 1.54) is 64.2 Å². The molecule has 0 radical (unpaired) electrons. The molecule has 0 aromatic heterocycles. The maximum atomic E-state index is 12.0. The van der Waals surface area contributed by atoms with Crippen molar-refractivity contribution in [3.63, 3.8) is 0 Å². The first kappa shape index (κ1) is 19.2. The van der Waals surface area contributed by atoms with Crippen LogP contribution < -0.4 is 0 Å². The molecule has 1 heterocycles. The molecule has 7 atom stereocenters. The van der Waals surface area contributed by atoms with Crippen LogP contribution in [0.25, 0.3) is 0 Å². The van der Waals surface area contributed by atoms with Crippen LogP contribution in [0.15, 0.2) is 0 Å². The maximum absolute atomic E-state index is 12.0. The fraction of sp³-hybridized carbons (Fsp3) is 0.958. The van der Waals surface area contributed by atoms with Crippen LogP contribution in [0.4, 0.5) is 4.79 Å². The zero-order valence-corrected chi connectivity index (χ0v) is 17.6. The Hall–Kier alpha value is -0.770. The molecule has 28 heavy (non-hydrogen) atoms. The van der Waals surface area contributed by atoms with Crippen LogP contribution >= 0.6 is 0 Å². The number of carbonyl (C=O) groups is 1. The molecule has 4 saturated carbocycles. The fourth-order valence-electron chi connectivity index (χ4n) is 8.42. The highest BCUT2D eigenvalue weighted by atomic mass is 16.4. The van der Waals surface area contributed by atoms with E-state index in [4.69, 9.17) is 0 Å². The van der Waals surface area contributed by atoms with Crippen LogP contribution in [0, 0.1) is 35.5 Å². The Kier molecular flexibility index (Phi) is 5.60. The molecule has 0 aromatic carbocycles. The second-order valence-electron chi connectivity index (χ2n) is 10.8. The van der Waals surface area contributed by atoms with Crippen LogP contribution in [-0.4, -0.2) is 53.2 Å². The summed E-state index contributed by atoms with van der Waals surface area (Å²) in [6.45, 7) is 3.97. The first-order chi connectivity index (χ1) is 13.7. The van der Waals surface area contributed by atoms with E-state index in [9.17, 15) is 9.90 Å². The van der Waals surface area contributed by atoms with Crippen molar-refractivity contribution < 1.29 is 9.90 Å². The number of fused-ring (bicyclic) bond motifs is 5. The monoisotopic (exact) mass is 388 g/mol. The quantitative estimate of drug-likeness (QED) is 0.730. The van der Waals surface area contributed by atoms with Crippen molar-refractivity contribution in [2.24, 2.45) is 35.5 Å². The summed E-state index contributed by atoms with van der Waals surface area (Å²) in [5.41, 5.74) is 0. The number of rotatable bonds is 4. The average molecular weight is 389 g/mol. The molecule has 0 spiro atoms. The van der Waals surface area contributed by atoms with Gasteiger partial charge in [0.05, 0.1) is 0 Å². The molecule has 1 saturated heterocycles. The van der Waals surface area contributed by atoms with Crippen molar-refractivity contribution >= 4 is 6.09 Å². The van der Waals surface area contributed by atoms with Crippen LogP contribution in [0.2, 0.25) is 0 Å². The molecule has 5 rings (SSSR count). The van der Waals surface area contributed by atoms with Crippen LogP contribution in [0.1, 0.15) is 77.0 Å². The highest BCUT2D eigenvalue weighted by molar-refractivity contribution is 5.65. The summed E-state index contributed by atoms with van der Waals surface area (Å²) in [6.07, 6.45) is 15.7. The zero-order valence-electron chi connectivity index (χ0n) is 17.6. The number of nitrogens with zero attached hydrogens (tertiary/aromatic N) is 2. The van der Waals surface area contributed by atoms with E-state index in [-0.39, 0.29) is 6.04 Å². The highest BCUT2D eigenvalue weighted by Gasteiger charge is 2.50. The van der Waals surface area contributed by atoms with Gasteiger partial charge in [0, 0.05) is 19.1 Å². The number of likely N-dealkylation sites (tertiary alicyclic amines) is 1. The zero-order chi connectivity index (χ0) is 19.1. The van der Waals surface area contributed by atoms with E-state index in [1.807, 2.05) is 4.90 Å². The van der Waals surface area contributed by atoms with Gasteiger partial charge >= 0.3 is 6.09 Å². The minimum Gasteiger partial charge on any atom is -0.465 e. The Morgan fingerprint density at radius 2 is 1.46 bits per heavy atom. The number of carboxylic acid groups (broad SMARTS) is 1. The molecule has 1 aliphatic heterocycles. The molecule has 0 bridgehead atoms. The molecule has 158 valence electrons. The summed E-state index contributed by atoms with van der Waals surface area (Å²) in [7, 11) is 0. The minimum atomic E-state index is -0.678. The second-order valence-corrected chi connectivity index (χ2v) is 10.8. The van der Waals surface area contributed by atoms with Crippen molar-refractivity contribution in [2.75, 3.05) is 26.2 Å². The Morgan fingerprint density at radius 1 is 0.786 bits per heavy atom. The smallest absolute Gasteiger partial charge is 0.407 e. The molecule has 1 amide bonds.